The van der Waals surface area contributed by atoms with E-state index in [0.717, 1.165) is 44.9 Å². The molecule has 176 valence electrons. The summed E-state index contributed by atoms with van der Waals surface area (Å²) in [6, 6.07) is 20.1. The Kier molecular flexibility index (Phi) is 5.73. The van der Waals surface area contributed by atoms with Crippen LogP contribution in [-0.4, -0.2) is 15.5 Å². The second kappa shape index (κ2) is 8.47. The largest absolute Gasteiger partial charge is 0.416 e. The number of rotatable bonds is 5. The highest BCUT2D eigenvalue weighted by Crippen LogP contribution is 2.54. The highest BCUT2D eigenvalue weighted by atomic mass is 32.2. The van der Waals surface area contributed by atoms with Gasteiger partial charge in [0.2, 0.25) is 0 Å². The van der Waals surface area contributed by atoms with E-state index in [1.807, 2.05) is 12.1 Å². The molecule has 0 radical (unpaired) electrons. The maximum atomic E-state index is 12.9. The van der Waals surface area contributed by atoms with Gasteiger partial charge < -0.3 is 4.98 Å². The summed E-state index contributed by atoms with van der Waals surface area (Å²) in [5.74, 6) is 1.29. The second-order valence-electron chi connectivity index (χ2n) is 9.87. The number of benzene rings is 3. The summed E-state index contributed by atoms with van der Waals surface area (Å²) in [7, 11) is 0. The van der Waals surface area contributed by atoms with Gasteiger partial charge in [0.05, 0.1) is 16.6 Å². The zero-order valence-corrected chi connectivity index (χ0v) is 20.0. The van der Waals surface area contributed by atoms with Crippen LogP contribution in [0.1, 0.15) is 56.0 Å². The van der Waals surface area contributed by atoms with Crippen LogP contribution in [0.3, 0.4) is 0 Å². The zero-order chi connectivity index (χ0) is 24.1. The molecule has 5 rings (SSSR count). The molecule has 2 atom stereocenters. The molecule has 2 unspecified atom stereocenters. The number of nitrogens with one attached hydrogen (secondary N) is 2. The highest BCUT2D eigenvalue weighted by Gasteiger charge is 2.42. The highest BCUT2D eigenvalue weighted by molar-refractivity contribution is 7.97. The molecule has 1 heterocycles. The van der Waals surface area contributed by atoms with E-state index in [4.69, 9.17) is 4.98 Å². The van der Waals surface area contributed by atoms with Gasteiger partial charge >= 0.3 is 6.18 Å². The molecule has 2 N–H and O–H groups in total. The average molecular weight is 482 g/mol. The van der Waals surface area contributed by atoms with Crippen LogP contribution in [-0.2, 0) is 6.18 Å². The fourth-order valence-corrected chi connectivity index (χ4v) is 5.01. The summed E-state index contributed by atoms with van der Waals surface area (Å²) in [4.78, 5) is 9.42. The molecule has 1 aromatic heterocycles. The van der Waals surface area contributed by atoms with Crippen LogP contribution in [0.4, 0.5) is 13.2 Å². The SMILES string of the molecule is CC(C)(C)NSc1ccccc1-c1ccc2[nH]c(C3CC3c3ccc(C(F)(F)F)cc3)nc2c1. The van der Waals surface area contributed by atoms with Gasteiger partial charge in [-0.05, 0) is 92.1 Å². The van der Waals surface area contributed by atoms with Gasteiger partial charge in [-0.25, -0.2) is 4.98 Å². The Morgan fingerprint density at radius 1 is 0.941 bits per heavy atom. The third kappa shape index (κ3) is 4.86. The quantitative estimate of drug-likeness (QED) is 0.285. The first-order valence-corrected chi connectivity index (χ1v) is 12.1. The lowest BCUT2D eigenvalue weighted by Crippen LogP contribution is -2.29. The van der Waals surface area contributed by atoms with Gasteiger partial charge in [-0.1, -0.05) is 36.4 Å². The van der Waals surface area contributed by atoms with E-state index in [2.05, 4.69) is 60.8 Å². The molecule has 0 aliphatic heterocycles. The van der Waals surface area contributed by atoms with E-state index in [9.17, 15) is 13.2 Å². The summed E-state index contributed by atoms with van der Waals surface area (Å²) in [5.41, 5.74) is 4.41. The number of alkyl halides is 3. The molecular weight excluding hydrogens is 455 g/mol. The molecule has 1 aliphatic rings. The summed E-state index contributed by atoms with van der Waals surface area (Å²) >= 11 is 1.63. The van der Waals surface area contributed by atoms with Crippen LogP contribution in [0.2, 0.25) is 0 Å². The van der Waals surface area contributed by atoms with Crippen LogP contribution < -0.4 is 4.72 Å². The summed E-state index contributed by atoms with van der Waals surface area (Å²) in [6.07, 6.45) is -3.42. The Balaban J connectivity index is 1.37. The lowest BCUT2D eigenvalue weighted by Gasteiger charge is -2.20. The predicted molar refractivity (Wildman–Crippen MR) is 132 cm³/mol. The Morgan fingerprint density at radius 3 is 2.38 bits per heavy atom. The van der Waals surface area contributed by atoms with Crippen molar-refractivity contribution in [2.75, 3.05) is 0 Å². The van der Waals surface area contributed by atoms with E-state index in [1.165, 1.54) is 12.1 Å². The Morgan fingerprint density at radius 2 is 1.68 bits per heavy atom. The molecular formula is C27H26F3N3S. The number of nitrogens with zero attached hydrogens (tertiary/aromatic N) is 1. The average Bonchev–Trinajstić information content (AvgIpc) is 3.48. The van der Waals surface area contributed by atoms with Gasteiger partial charge in [0.15, 0.2) is 0 Å². The normalized spacial score (nSPS) is 18.4. The first-order valence-electron chi connectivity index (χ1n) is 11.3. The number of aromatic amines is 1. The summed E-state index contributed by atoms with van der Waals surface area (Å²) in [6.45, 7) is 6.40. The van der Waals surface area contributed by atoms with Crippen LogP contribution in [0.25, 0.3) is 22.2 Å². The standard InChI is InChI=1S/C27H26F3N3S/c1-26(2,3)33-34-24-7-5-4-6-19(24)17-10-13-22-23(14-17)32-25(31-22)21-15-20(21)16-8-11-18(12-9-16)27(28,29)30/h4-14,20-21,33H,15H2,1-3H3,(H,31,32). The van der Waals surface area contributed by atoms with Gasteiger partial charge in [-0.15, -0.1) is 0 Å². The number of hydrogen-bond acceptors (Lipinski definition) is 3. The third-order valence-corrected chi connectivity index (χ3v) is 7.26. The van der Waals surface area contributed by atoms with Gasteiger partial charge in [-0.2, -0.15) is 13.2 Å². The molecule has 1 aliphatic carbocycles. The molecule has 3 nitrogen and oxygen atoms in total. The number of halogens is 3. The number of H-pyrrole nitrogens is 1. The maximum Gasteiger partial charge on any atom is 0.416 e. The molecule has 0 bridgehead atoms. The zero-order valence-electron chi connectivity index (χ0n) is 19.2. The number of imidazole rings is 1. The minimum absolute atomic E-state index is 0.00724. The lowest BCUT2D eigenvalue weighted by atomic mass is 10.1. The van der Waals surface area contributed by atoms with Crippen molar-refractivity contribution in [2.45, 2.75) is 55.6 Å². The second-order valence-corrected chi connectivity index (χ2v) is 10.7. The molecule has 4 aromatic rings. The van der Waals surface area contributed by atoms with Crippen LogP contribution >= 0.6 is 11.9 Å². The Labute approximate surface area is 201 Å². The van der Waals surface area contributed by atoms with Crippen molar-refractivity contribution in [3.05, 3.63) is 83.7 Å². The van der Waals surface area contributed by atoms with Crippen LogP contribution in [0.15, 0.2) is 71.6 Å². The van der Waals surface area contributed by atoms with Gasteiger partial charge in [-0.3, -0.25) is 4.72 Å². The maximum absolute atomic E-state index is 12.9. The molecule has 7 heteroatoms. The molecule has 0 saturated heterocycles. The fourth-order valence-electron chi connectivity index (χ4n) is 4.16. The smallest absolute Gasteiger partial charge is 0.342 e. The first kappa shape index (κ1) is 23.0. The van der Waals surface area contributed by atoms with E-state index in [1.54, 1.807) is 24.1 Å². The van der Waals surface area contributed by atoms with Crippen molar-refractivity contribution in [1.82, 2.24) is 14.7 Å². The number of hydrogen-bond donors (Lipinski definition) is 2. The van der Waals surface area contributed by atoms with Crippen LogP contribution in [0.5, 0.6) is 0 Å². The molecule has 34 heavy (non-hydrogen) atoms. The third-order valence-electron chi connectivity index (χ3n) is 5.97. The van der Waals surface area contributed by atoms with Crippen molar-refractivity contribution < 1.29 is 13.2 Å². The Hall–Kier alpha value is -2.77. The lowest BCUT2D eigenvalue weighted by molar-refractivity contribution is -0.137. The van der Waals surface area contributed by atoms with Crippen molar-refractivity contribution in [3.63, 3.8) is 0 Å². The molecule has 0 spiro atoms. The predicted octanol–water partition coefficient (Wildman–Crippen LogP) is 7.92. The molecule has 1 fully saturated rings. The van der Waals surface area contributed by atoms with Gasteiger partial charge in [0.1, 0.15) is 5.82 Å². The van der Waals surface area contributed by atoms with E-state index in [0.29, 0.717) is 0 Å². The van der Waals surface area contributed by atoms with Gasteiger partial charge in [0, 0.05) is 16.4 Å². The molecule has 1 saturated carbocycles. The Bertz CT molecular complexity index is 1320. The summed E-state index contributed by atoms with van der Waals surface area (Å²) < 4.78 is 42.0. The fraction of sp³-hybridized carbons (Fsp3) is 0.296. The number of fused-ring (bicyclic) bond motifs is 1. The van der Waals surface area contributed by atoms with Crippen LogP contribution in [0, 0.1) is 0 Å². The first-order chi connectivity index (χ1) is 16.1. The van der Waals surface area contributed by atoms with Crippen molar-refractivity contribution in [1.29, 1.82) is 0 Å². The van der Waals surface area contributed by atoms with Crippen molar-refractivity contribution in [3.8, 4) is 11.1 Å². The topological polar surface area (TPSA) is 40.7 Å². The monoisotopic (exact) mass is 481 g/mol. The van der Waals surface area contributed by atoms with Crippen molar-refractivity contribution >= 4 is 23.0 Å². The van der Waals surface area contributed by atoms with Gasteiger partial charge in [0.25, 0.3) is 0 Å². The number of aromatic nitrogens is 2. The summed E-state index contributed by atoms with van der Waals surface area (Å²) in [5, 5.41) is 0. The molecule has 0 amide bonds. The minimum atomic E-state index is -4.31. The van der Waals surface area contributed by atoms with E-state index < -0.39 is 11.7 Å². The van der Waals surface area contributed by atoms with Crippen molar-refractivity contribution in [2.24, 2.45) is 0 Å². The minimum Gasteiger partial charge on any atom is -0.342 e. The molecule has 3 aromatic carbocycles. The van der Waals surface area contributed by atoms with E-state index in [-0.39, 0.29) is 17.4 Å². The van der Waals surface area contributed by atoms with E-state index >= 15 is 0 Å².